The summed E-state index contributed by atoms with van der Waals surface area (Å²) in [4.78, 5) is 44.8. The summed E-state index contributed by atoms with van der Waals surface area (Å²) in [6.45, 7) is 10.0. The zero-order valence-corrected chi connectivity index (χ0v) is 28.2. The highest BCUT2D eigenvalue weighted by atomic mass is 35.5. The fourth-order valence-electron chi connectivity index (χ4n) is 8.46. The molecule has 2 aromatic carbocycles. The van der Waals surface area contributed by atoms with Gasteiger partial charge in [0.25, 0.3) is 11.5 Å². The van der Waals surface area contributed by atoms with Gasteiger partial charge in [0.15, 0.2) is 0 Å². The highest BCUT2D eigenvalue weighted by Gasteiger charge is 2.51. The van der Waals surface area contributed by atoms with Crippen molar-refractivity contribution in [2.24, 2.45) is 0 Å². The molecule has 10 nitrogen and oxygen atoms in total. The molecule has 4 aromatic rings. The van der Waals surface area contributed by atoms with Crippen LogP contribution in [0.4, 0.5) is 17.1 Å². The van der Waals surface area contributed by atoms with Gasteiger partial charge in [-0.15, -0.1) is 0 Å². The third-order valence-corrected chi connectivity index (χ3v) is 10.9. The zero-order valence-electron chi connectivity index (χ0n) is 27.4. The van der Waals surface area contributed by atoms with Crippen LogP contribution in [-0.2, 0) is 17.8 Å². The lowest BCUT2D eigenvalue weighted by molar-refractivity contribution is -0.120. The molecule has 4 aliphatic rings. The van der Waals surface area contributed by atoms with Crippen LogP contribution in [0.3, 0.4) is 0 Å². The number of anilines is 3. The van der Waals surface area contributed by atoms with Crippen LogP contribution < -0.4 is 25.6 Å². The number of hydrogen-bond acceptors (Lipinski definition) is 8. The van der Waals surface area contributed by atoms with E-state index < -0.39 is 0 Å². The Hall–Kier alpha value is -4.15. The molecule has 0 aliphatic carbocycles. The molecule has 2 bridgehead atoms. The molecule has 0 spiro atoms. The van der Waals surface area contributed by atoms with Crippen molar-refractivity contribution in [2.45, 2.75) is 83.5 Å². The average molecular weight is 654 g/mol. The van der Waals surface area contributed by atoms with Crippen LogP contribution in [0, 0.1) is 0 Å². The topological polar surface area (TPSA) is 107 Å². The van der Waals surface area contributed by atoms with Crippen molar-refractivity contribution in [3.05, 3.63) is 74.7 Å². The summed E-state index contributed by atoms with van der Waals surface area (Å²) in [7, 11) is 1.75. The highest BCUT2D eigenvalue weighted by molar-refractivity contribution is 6.36. The van der Waals surface area contributed by atoms with Gasteiger partial charge in [0.2, 0.25) is 0 Å². The lowest BCUT2D eigenvalue weighted by Crippen LogP contribution is -2.67. The van der Waals surface area contributed by atoms with E-state index in [1.807, 2.05) is 22.8 Å². The third kappa shape index (κ3) is 4.48. The first-order valence-corrected chi connectivity index (χ1v) is 17.0. The predicted octanol–water partition coefficient (Wildman–Crippen LogP) is 5.23. The molecule has 6 heterocycles. The molecule has 1 amide bonds. The van der Waals surface area contributed by atoms with E-state index in [2.05, 4.69) is 42.8 Å². The first kappa shape index (κ1) is 30.2. The first-order chi connectivity index (χ1) is 22.5. The molecule has 2 saturated heterocycles. The number of piperazine rings is 1. The average Bonchev–Trinajstić information content (AvgIpc) is 3.42. The van der Waals surface area contributed by atoms with E-state index in [1.54, 1.807) is 30.4 Å². The molecule has 4 aliphatic heterocycles. The Kier molecular flexibility index (Phi) is 7.04. The molecule has 11 heteroatoms. The third-order valence-electron chi connectivity index (χ3n) is 10.5. The number of fused-ring (bicyclic) bond motifs is 9. The largest absolute Gasteiger partial charge is 0.508 e. The van der Waals surface area contributed by atoms with Crippen molar-refractivity contribution in [1.29, 1.82) is 0 Å². The number of phenolic OH excluding ortho intramolecular Hbond substituents is 1. The molecule has 2 fully saturated rings. The van der Waals surface area contributed by atoms with Gasteiger partial charge >= 0.3 is 0 Å². The summed E-state index contributed by atoms with van der Waals surface area (Å²) in [5, 5.41) is 16.8. The van der Waals surface area contributed by atoms with E-state index >= 15 is 4.79 Å². The predicted molar refractivity (Wildman–Crippen MR) is 186 cm³/mol. The van der Waals surface area contributed by atoms with Crippen LogP contribution in [0.1, 0.15) is 75.0 Å². The molecule has 47 heavy (non-hydrogen) atoms. The summed E-state index contributed by atoms with van der Waals surface area (Å²) < 4.78 is 1.82. The van der Waals surface area contributed by atoms with E-state index in [0.717, 1.165) is 57.6 Å². The lowest BCUT2D eigenvalue weighted by Gasteiger charge is -2.49. The summed E-state index contributed by atoms with van der Waals surface area (Å²) in [6.07, 6.45) is 4.18. The van der Waals surface area contributed by atoms with Gasteiger partial charge in [-0.3, -0.25) is 14.2 Å². The van der Waals surface area contributed by atoms with Gasteiger partial charge in [-0.1, -0.05) is 51.4 Å². The SMILES string of the molecule is CC(C)c1ncnc(C(C)C)c1-n1c2c(c3c(c1=O)N(C)C(=O)C1C4CCC(CN31)N4)CCN(c1cc(O)cc3cccc(Cl)c13)C2. The van der Waals surface area contributed by atoms with Crippen LogP contribution in [-0.4, -0.2) is 63.8 Å². The molecule has 2 aromatic heterocycles. The maximum atomic E-state index is 15.2. The van der Waals surface area contributed by atoms with Crippen molar-refractivity contribution in [1.82, 2.24) is 19.9 Å². The number of aromatic hydroxyl groups is 1. The van der Waals surface area contributed by atoms with Crippen LogP contribution in [0.2, 0.25) is 5.02 Å². The number of pyridine rings is 1. The molecule has 3 atom stereocenters. The number of hydrogen-bond donors (Lipinski definition) is 2. The van der Waals surface area contributed by atoms with Crippen LogP contribution >= 0.6 is 11.6 Å². The van der Waals surface area contributed by atoms with Gasteiger partial charge in [-0.25, -0.2) is 9.97 Å². The van der Waals surface area contributed by atoms with Crippen molar-refractivity contribution in [2.75, 3.05) is 34.8 Å². The van der Waals surface area contributed by atoms with Gasteiger partial charge in [-0.2, -0.15) is 0 Å². The van der Waals surface area contributed by atoms with Crippen LogP contribution in [0.25, 0.3) is 16.5 Å². The number of halogens is 1. The van der Waals surface area contributed by atoms with E-state index in [0.29, 0.717) is 42.5 Å². The summed E-state index contributed by atoms with van der Waals surface area (Å²) in [5.74, 6) is 0.147. The Labute approximate surface area is 279 Å². The number of carbonyl (C=O) groups excluding carboxylic acids is 1. The molecule has 0 saturated carbocycles. The molecule has 3 unspecified atom stereocenters. The Morgan fingerprint density at radius 3 is 2.47 bits per heavy atom. The molecule has 2 N–H and O–H groups in total. The van der Waals surface area contributed by atoms with Crippen molar-refractivity contribution < 1.29 is 9.90 Å². The Morgan fingerprint density at radius 1 is 1.00 bits per heavy atom. The molecular formula is C36H40ClN7O3. The molecule has 244 valence electrons. The van der Waals surface area contributed by atoms with Gasteiger partial charge in [0.1, 0.15) is 23.8 Å². The summed E-state index contributed by atoms with van der Waals surface area (Å²) >= 11 is 6.80. The number of rotatable bonds is 4. The smallest absolute Gasteiger partial charge is 0.281 e. The number of nitrogens with one attached hydrogen (secondary N) is 1. The summed E-state index contributed by atoms with van der Waals surface area (Å²) in [5.41, 5.74) is 6.11. The second-order valence-corrected chi connectivity index (χ2v) is 14.5. The number of benzene rings is 2. The fraction of sp³-hybridized carbons (Fsp3) is 0.444. The number of aromatic nitrogens is 3. The normalized spacial score (nSPS) is 21.9. The molecule has 0 radical (unpaired) electrons. The highest BCUT2D eigenvalue weighted by Crippen LogP contribution is 2.46. The van der Waals surface area contributed by atoms with Gasteiger partial charge < -0.3 is 25.1 Å². The van der Waals surface area contributed by atoms with Crippen molar-refractivity contribution in [3.8, 4) is 11.4 Å². The van der Waals surface area contributed by atoms with Gasteiger partial charge in [-0.05, 0) is 48.6 Å². The minimum atomic E-state index is -0.352. The van der Waals surface area contributed by atoms with Gasteiger partial charge in [0, 0.05) is 49.2 Å². The zero-order chi connectivity index (χ0) is 32.9. The minimum Gasteiger partial charge on any atom is -0.508 e. The van der Waals surface area contributed by atoms with Crippen molar-refractivity contribution >= 4 is 45.3 Å². The summed E-state index contributed by atoms with van der Waals surface area (Å²) in [6, 6.07) is 9.17. The van der Waals surface area contributed by atoms with E-state index in [4.69, 9.17) is 21.6 Å². The number of phenols is 1. The Bertz CT molecular complexity index is 2000. The van der Waals surface area contributed by atoms with E-state index in [1.165, 1.54) is 0 Å². The lowest BCUT2D eigenvalue weighted by atomic mass is 9.92. The van der Waals surface area contributed by atoms with Crippen molar-refractivity contribution in [3.63, 3.8) is 0 Å². The monoisotopic (exact) mass is 653 g/mol. The number of carbonyl (C=O) groups is 1. The molecule has 8 rings (SSSR count). The Morgan fingerprint density at radius 2 is 1.74 bits per heavy atom. The van der Waals surface area contributed by atoms with E-state index in [9.17, 15) is 9.90 Å². The maximum Gasteiger partial charge on any atom is 0.281 e. The second-order valence-electron chi connectivity index (χ2n) is 14.1. The number of nitrogens with zero attached hydrogens (tertiary/aromatic N) is 6. The Balaban J connectivity index is 1.43. The van der Waals surface area contributed by atoms with E-state index in [-0.39, 0.29) is 47.2 Å². The quantitative estimate of drug-likeness (QED) is 0.308. The minimum absolute atomic E-state index is 0.0186. The number of amides is 1. The van der Waals surface area contributed by atoms with Crippen LogP contribution in [0.15, 0.2) is 41.5 Å². The maximum absolute atomic E-state index is 15.2. The van der Waals surface area contributed by atoms with Gasteiger partial charge in [0.05, 0.1) is 45.7 Å². The number of likely N-dealkylation sites (N-methyl/N-ethyl adjacent to an activating group) is 1. The molecular weight excluding hydrogens is 614 g/mol. The second kappa shape index (κ2) is 11.0. The van der Waals surface area contributed by atoms with Crippen LogP contribution in [0.5, 0.6) is 5.75 Å². The standard InChI is InChI=1S/C36H40ClN7O3/c1-18(2)29-33(30(19(3)4)39-17-38-29)44-27-16-42(26-14-22(45)13-20-7-6-8-24(37)28(20)26)12-11-23(27)31-34(36(44)47)41(5)35(46)32-25-10-9-21(40-25)15-43(31)32/h6-8,13-14,17-19,21,25,32,40,45H,9-12,15-16H2,1-5H3. The fourth-order valence-corrected chi connectivity index (χ4v) is 8.74. The first-order valence-electron chi connectivity index (χ1n) is 16.7.